The van der Waals surface area contributed by atoms with E-state index in [9.17, 15) is 18.0 Å². The highest BCUT2D eigenvalue weighted by Crippen LogP contribution is 2.22. The van der Waals surface area contributed by atoms with Crippen LogP contribution in [0.1, 0.15) is 44.5 Å². The zero-order chi connectivity index (χ0) is 24.1. The van der Waals surface area contributed by atoms with Gasteiger partial charge in [0, 0.05) is 12.6 Å². The fourth-order valence-corrected chi connectivity index (χ4v) is 3.33. The molecule has 0 aliphatic rings. The van der Waals surface area contributed by atoms with Gasteiger partial charge in [0.25, 0.3) is 11.8 Å². The van der Waals surface area contributed by atoms with Crippen LogP contribution in [0.4, 0.5) is 11.4 Å². The van der Waals surface area contributed by atoms with Crippen LogP contribution in [0, 0.1) is 0 Å². The molecule has 0 radical (unpaired) electrons. The van der Waals surface area contributed by atoms with Crippen molar-refractivity contribution < 1.29 is 22.7 Å². The summed E-state index contributed by atoms with van der Waals surface area (Å²) < 4.78 is 30.3. The monoisotopic (exact) mass is 461 g/mol. The highest BCUT2D eigenvalue weighted by Gasteiger charge is 2.23. The molecule has 0 fully saturated rings. The smallest absolute Gasteiger partial charge is 0.265 e. The quantitative estimate of drug-likeness (QED) is 0.627. The average molecular weight is 462 g/mol. The molecular formula is C23H31N3O5S. The molecule has 0 saturated carbocycles. The van der Waals surface area contributed by atoms with Gasteiger partial charge in [-0.3, -0.25) is 13.9 Å². The normalized spacial score (nSPS) is 12.6. The number of carbonyl (C=O) groups excluding carboxylic acids is 2. The molecular weight excluding hydrogens is 430 g/mol. The van der Waals surface area contributed by atoms with Crippen molar-refractivity contribution in [1.29, 1.82) is 0 Å². The Balaban J connectivity index is 2.14. The van der Waals surface area contributed by atoms with Crippen molar-refractivity contribution in [3.63, 3.8) is 0 Å². The van der Waals surface area contributed by atoms with Crippen LogP contribution < -0.4 is 19.7 Å². The standard InChI is InChI=1S/C23H31N3O5S/c1-7-20(31-17-14-12-16(13-15-17)26(5)32(6,29)30)22(28)24-19-11-9-8-10-18(19)21(27)25-23(2,3)4/h8-15,20H,7H2,1-6H3,(H,24,28)(H,25,27)/t20-/m0/s1. The van der Waals surface area contributed by atoms with Gasteiger partial charge < -0.3 is 15.4 Å². The van der Waals surface area contributed by atoms with Gasteiger partial charge in [-0.05, 0) is 63.6 Å². The van der Waals surface area contributed by atoms with Gasteiger partial charge in [-0.25, -0.2) is 8.42 Å². The number of rotatable bonds is 8. The minimum atomic E-state index is -3.37. The fraction of sp³-hybridized carbons (Fsp3) is 0.391. The Bertz CT molecular complexity index is 1060. The topological polar surface area (TPSA) is 105 Å². The molecule has 2 amide bonds. The molecule has 9 heteroatoms. The number of ether oxygens (including phenoxy) is 1. The van der Waals surface area contributed by atoms with Crippen molar-refractivity contribution >= 4 is 33.2 Å². The number of para-hydroxylation sites is 1. The van der Waals surface area contributed by atoms with E-state index >= 15 is 0 Å². The molecule has 0 saturated heterocycles. The third-order valence-electron chi connectivity index (χ3n) is 4.56. The minimum absolute atomic E-state index is 0.284. The largest absolute Gasteiger partial charge is 0.481 e. The van der Waals surface area contributed by atoms with E-state index in [4.69, 9.17) is 4.74 Å². The molecule has 0 aliphatic heterocycles. The SMILES string of the molecule is CC[C@H](Oc1ccc(N(C)S(C)(=O)=O)cc1)C(=O)Nc1ccccc1C(=O)NC(C)(C)C. The molecule has 8 nitrogen and oxygen atoms in total. The number of benzene rings is 2. The second-order valence-electron chi connectivity index (χ2n) is 8.48. The van der Waals surface area contributed by atoms with Crippen molar-refractivity contribution in [1.82, 2.24) is 5.32 Å². The number of sulfonamides is 1. The van der Waals surface area contributed by atoms with Gasteiger partial charge in [0.05, 0.1) is 23.2 Å². The number of nitrogens with zero attached hydrogens (tertiary/aromatic N) is 1. The summed E-state index contributed by atoms with van der Waals surface area (Å²) in [7, 11) is -1.91. The fourth-order valence-electron chi connectivity index (χ4n) is 2.82. The van der Waals surface area contributed by atoms with Gasteiger partial charge >= 0.3 is 0 Å². The Kier molecular flexibility index (Phi) is 7.90. The lowest BCUT2D eigenvalue weighted by Gasteiger charge is -2.22. The van der Waals surface area contributed by atoms with E-state index in [-0.39, 0.29) is 11.8 Å². The summed E-state index contributed by atoms with van der Waals surface area (Å²) in [5, 5.41) is 5.67. The summed E-state index contributed by atoms with van der Waals surface area (Å²) in [5.41, 5.74) is 0.821. The van der Waals surface area contributed by atoms with E-state index in [0.717, 1.165) is 10.6 Å². The molecule has 2 aromatic rings. The van der Waals surface area contributed by atoms with Crippen molar-refractivity contribution in [2.45, 2.75) is 45.8 Å². The number of nitrogens with one attached hydrogen (secondary N) is 2. The molecule has 2 N–H and O–H groups in total. The molecule has 0 aliphatic carbocycles. The van der Waals surface area contributed by atoms with Crippen LogP contribution in [-0.4, -0.2) is 45.2 Å². The molecule has 0 aromatic heterocycles. The van der Waals surface area contributed by atoms with Crippen LogP contribution in [0.5, 0.6) is 5.75 Å². The van der Waals surface area contributed by atoms with Crippen molar-refractivity contribution in [2.75, 3.05) is 22.9 Å². The molecule has 2 rings (SSSR count). The lowest BCUT2D eigenvalue weighted by atomic mass is 10.1. The van der Waals surface area contributed by atoms with E-state index in [1.54, 1.807) is 48.5 Å². The molecule has 2 aromatic carbocycles. The van der Waals surface area contributed by atoms with Gasteiger partial charge in [0.2, 0.25) is 10.0 Å². The maximum Gasteiger partial charge on any atom is 0.265 e. The molecule has 0 spiro atoms. The maximum absolute atomic E-state index is 12.9. The second kappa shape index (κ2) is 10.0. The van der Waals surface area contributed by atoms with Crippen LogP contribution in [0.25, 0.3) is 0 Å². The summed E-state index contributed by atoms with van der Waals surface area (Å²) >= 11 is 0. The maximum atomic E-state index is 12.9. The first-order chi connectivity index (χ1) is 14.8. The summed E-state index contributed by atoms with van der Waals surface area (Å²) in [4.78, 5) is 25.5. The summed E-state index contributed by atoms with van der Waals surface area (Å²) in [6.45, 7) is 7.46. The highest BCUT2D eigenvalue weighted by atomic mass is 32.2. The predicted molar refractivity (Wildman–Crippen MR) is 127 cm³/mol. The first kappa shape index (κ1) is 25.2. The zero-order valence-electron chi connectivity index (χ0n) is 19.3. The molecule has 0 bridgehead atoms. The Morgan fingerprint density at radius 2 is 1.66 bits per heavy atom. The number of hydrogen-bond acceptors (Lipinski definition) is 5. The highest BCUT2D eigenvalue weighted by molar-refractivity contribution is 7.92. The van der Waals surface area contributed by atoms with E-state index in [2.05, 4.69) is 10.6 Å². The minimum Gasteiger partial charge on any atom is -0.481 e. The van der Waals surface area contributed by atoms with E-state index in [1.807, 2.05) is 27.7 Å². The lowest BCUT2D eigenvalue weighted by Crippen LogP contribution is -2.41. The van der Waals surface area contributed by atoms with E-state index in [1.165, 1.54) is 7.05 Å². The summed E-state index contributed by atoms with van der Waals surface area (Å²) in [6.07, 6.45) is 0.717. The second-order valence-corrected chi connectivity index (χ2v) is 10.5. The summed E-state index contributed by atoms with van der Waals surface area (Å²) in [6, 6.07) is 13.2. The Hall–Kier alpha value is -3.07. The molecule has 0 heterocycles. The van der Waals surface area contributed by atoms with Crippen molar-refractivity contribution in [2.24, 2.45) is 0 Å². The molecule has 0 unspecified atom stereocenters. The van der Waals surface area contributed by atoms with E-state index < -0.39 is 21.7 Å². The van der Waals surface area contributed by atoms with Crippen LogP contribution in [0.2, 0.25) is 0 Å². The van der Waals surface area contributed by atoms with Gasteiger partial charge in [-0.1, -0.05) is 19.1 Å². The van der Waals surface area contributed by atoms with E-state index in [0.29, 0.717) is 29.1 Å². The van der Waals surface area contributed by atoms with Crippen molar-refractivity contribution in [3.05, 3.63) is 54.1 Å². The van der Waals surface area contributed by atoms with Gasteiger partial charge in [0.1, 0.15) is 5.75 Å². The number of amides is 2. The third-order valence-corrected chi connectivity index (χ3v) is 5.76. The average Bonchev–Trinajstić information content (AvgIpc) is 2.70. The lowest BCUT2D eigenvalue weighted by molar-refractivity contribution is -0.122. The van der Waals surface area contributed by atoms with Gasteiger partial charge in [-0.2, -0.15) is 0 Å². The number of anilines is 2. The van der Waals surface area contributed by atoms with Crippen LogP contribution in [-0.2, 0) is 14.8 Å². The van der Waals surface area contributed by atoms with Crippen LogP contribution in [0.3, 0.4) is 0 Å². The summed E-state index contributed by atoms with van der Waals surface area (Å²) in [5.74, 6) is -0.245. The molecule has 1 atom stereocenters. The van der Waals surface area contributed by atoms with Gasteiger partial charge in [-0.15, -0.1) is 0 Å². The third kappa shape index (κ3) is 6.98. The number of hydrogen-bond donors (Lipinski definition) is 2. The Labute approximate surface area is 190 Å². The van der Waals surface area contributed by atoms with Crippen molar-refractivity contribution in [3.8, 4) is 5.75 Å². The van der Waals surface area contributed by atoms with Gasteiger partial charge in [0.15, 0.2) is 6.10 Å². The van der Waals surface area contributed by atoms with Crippen LogP contribution in [0.15, 0.2) is 48.5 Å². The molecule has 174 valence electrons. The predicted octanol–water partition coefficient (Wildman–Crippen LogP) is 3.41. The Morgan fingerprint density at radius 1 is 1.06 bits per heavy atom. The number of carbonyl (C=O) groups is 2. The van der Waals surface area contributed by atoms with Crippen LogP contribution >= 0.6 is 0 Å². The zero-order valence-corrected chi connectivity index (χ0v) is 20.1. The first-order valence-electron chi connectivity index (χ1n) is 10.2. The molecule has 32 heavy (non-hydrogen) atoms. The Morgan fingerprint density at radius 3 is 2.19 bits per heavy atom. The first-order valence-corrected chi connectivity index (χ1v) is 12.1.